The number of H-pyrrole nitrogens is 2. The summed E-state index contributed by atoms with van der Waals surface area (Å²) in [5.74, 6) is -0.924. The average Bonchev–Trinajstić information content (AvgIpc) is 2.86. The maximum absolute atomic E-state index is 11.8. The maximum atomic E-state index is 11.8. The molecule has 20 heavy (non-hydrogen) atoms. The lowest BCUT2D eigenvalue weighted by molar-refractivity contribution is 0.0954. The first-order valence-electron chi connectivity index (χ1n) is 5.94. The van der Waals surface area contributed by atoms with Crippen molar-refractivity contribution < 1.29 is 9.59 Å². The first-order valence-corrected chi connectivity index (χ1v) is 5.94. The van der Waals surface area contributed by atoms with E-state index in [-0.39, 0.29) is 11.7 Å². The van der Waals surface area contributed by atoms with Crippen LogP contribution in [0, 0.1) is 0 Å². The molecular formula is C12H13N5O3. The molecule has 0 radical (unpaired) electrons. The molecule has 4 N–H and O–H groups in total. The number of carbonyl (C=O) groups excluding carboxylic acids is 2. The molecule has 2 aromatic rings. The summed E-state index contributed by atoms with van der Waals surface area (Å²) in [5, 5.41) is 10.8. The van der Waals surface area contributed by atoms with Gasteiger partial charge in [-0.15, -0.1) is 5.10 Å². The number of aromatic amines is 2. The fourth-order valence-corrected chi connectivity index (χ4v) is 1.57. The van der Waals surface area contributed by atoms with E-state index in [9.17, 15) is 14.4 Å². The standard InChI is InChI=1S/C12H13N5O3/c1-2-13-10(18)7-4-3-5-8(6-7)14-11(19)9-15-12(20)17-16-9/h3-6H,2H2,1H3,(H,13,18)(H,14,19)(H2,15,16,17,20). The first-order chi connectivity index (χ1) is 9.60. The Hall–Kier alpha value is -2.90. The van der Waals surface area contributed by atoms with Crippen molar-refractivity contribution in [3.8, 4) is 0 Å². The second kappa shape index (κ2) is 5.83. The quantitative estimate of drug-likeness (QED) is 0.632. The summed E-state index contributed by atoms with van der Waals surface area (Å²) < 4.78 is 0. The van der Waals surface area contributed by atoms with E-state index in [1.165, 1.54) is 6.07 Å². The molecule has 8 nitrogen and oxygen atoms in total. The highest BCUT2D eigenvalue weighted by Crippen LogP contribution is 2.11. The number of carbonyl (C=O) groups is 2. The Kier molecular flexibility index (Phi) is 3.94. The van der Waals surface area contributed by atoms with Crippen molar-refractivity contribution in [2.75, 3.05) is 11.9 Å². The van der Waals surface area contributed by atoms with E-state index in [1.54, 1.807) is 18.2 Å². The van der Waals surface area contributed by atoms with Crippen LogP contribution in [0.15, 0.2) is 29.1 Å². The second-order valence-corrected chi connectivity index (χ2v) is 3.92. The van der Waals surface area contributed by atoms with Crippen LogP contribution in [0.25, 0.3) is 0 Å². The maximum Gasteiger partial charge on any atom is 0.341 e. The highest BCUT2D eigenvalue weighted by atomic mass is 16.2. The Labute approximate surface area is 113 Å². The van der Waals surface area contributed by atoms with Gasteiger partial charge in [-0.1, -0.05) is 6.07 Å². The van der Waals surface area contributed by atoms with Gasteiger partial charge in [-0.25, -0.2) is 9.89 Å². The largest absolute Gasteiger partial charge is 0.352 e. The molecule has 0 aliphatic rings. The van der Waals surface area contributed by atoms with Crippen LogP contribution in [0.5, 0.6) is 0 Å². The fourth-order valence-electron chi connectivity index (χ4n) is 1.57. The highest BCUT2D eigenvalue weighted by Gasteiger charge is 2.11. The number of anilines is 1. The summed E-state index contributed by atoms with van der Waals surface area (Å²) in [6.07, 6.45) is 0. The molecule has 1 aromatic heterocycles. The third kappa shape index (κ3) is 3.10. The Bertz CT molecular complexity index is 688. The van der Waals surface area contributed by atoms with E-state index >= 15 is 0 Å². The fraction of sp³-hybridized carbons (Fsp3) is 0.167. The van der Waals surface area contributed by atoms with E-state index in [4.69, 9.17) is 0 Å². The molecule has 0 unspecified atom stereocenters. The minimum absolute atomic E-state index is 0.126. The zero-order chi connectivity index (χ0) is 14.5. The Balaban J connectivity index is 2.13. The van der Waals surface area contributed by atoms with Gasteiger partial charge in [0.2, 0.25) is 5.82 Å². The molecule has 0 atom stereocenters. The predicted molar refractivity (Wildman–Crippen MR) is 71.6 cm³/mol. The zero-order valence-electron chi connectivity index (χ0n) is 10.7. The summed E-state index contributed by atoms with van der Waals surface area (Å²) in [6, 6.07) is 6.45. The molecule has 0 saturated heterocycles. The lowest BCUT2D eigenvalue weighted by atomic mass is 10.2. The van der Waals surface area contributed by atoms with E-state index in [1.807, 2.05) is 6.92 Å². The van der Waals surface area contributed by atoms with Gasteiger partial charge in [0.25, 0.3) is 11.8 Å². The second-order valence-electron chi connectivity index (χ2n) is 3.92. The first kappa shape index (κ1) is 13.5. The summed E-state index contributed by atoms with van der Waals surface area (Å²) in [6.45, 7) is 2.33. The van der Waals surface area contributed by atoms with Crippen LogP contribution in [0.1, 0.15) is 27.9 Å². The lowest BCUT2D eigenvalue weighted by Gasteiger charge is -2.06. The van der Waals surface area contributed by atoms with Crippen LogP contribution in [0.4, 0.5) is 5.69 Å². The molecule has 2 amide bonds. The smallest absolute Gasteiger partial charge is 0.341 e. The van der Waals surface area contributed by atoms with Crippen LogP contribution in [-0.2, 0) is 0 Å². The number of nitrogens with zero attached hydrogens (tertiary/aromatic N) is 1. The van der Waals surface area contributed by atoms with Crippen molar-refractivity contribution in [2.45, 2.75) is 6.92 Å². The summed E-state index contributed by atoms with van der Waals surface area (Å²) in [4.78, 5) is 36.5. The molecule has 8 heteroatoms. The van der Waals surface area contributed by atoms with Crippen molar-refractivity contribution in [1.82, 2.24) is 20.5 Å². The number of hydrogen-bond donors (Lipinski definition) is 4. The molecule has 0 spiro atoms. The summed E-state index contributed by atoms with van der Waals surface area (Å²) >= 11 is 0. The lowest BCUT2D eigenvalue weighted by Crippen LogP contribution is -2.23. The SMILES string of the molecule is CCNC(=O)c1cccc(NC(=O)c2n[nH]c(=O)[nH]2)c1. The average molecular weight is 275 g/mol. The van der Waals surface area contributed by atoms with Gasteiger partial charge >= 0.3 is 5.69 Å². The van der Waals surface area contributed by atoms with Crippen LogP contribution >= 0.6 is 0 Å². The van der Waals surface area contributed by atoms with Crippen LogP contribution < -0.4 is 16.3 Å². The third-order valence-corrected chi connectivity index (χ3v) is 2.44. The monoisotopic (exact) mass is 275 g/mol. The van der Waals surface area contributed by atoms with Gasteiger partial charge in [0.05, 0.1) is 0 Å². The van der Waals surface area contributed by atoms with Crippen LogP contribution in [-0.4, -0.2) is 33.5 Å². The van der Waals surface area contributed by atoms with E-state index in [0.29, 0.717) is 17.8 Å². The molecule has 1 heterocycles. The zero-order valence-corrected chi connectivity index (χ0v) is 10.7. The van der Waals surface area contributed by atoms with Gasteiger partial charge in [-0.2, -0.15) is 0 Å². The Morgan fingerprint density at radius 1 is 1.30 bits per heavy atom. The van der Waals surface area contributed by atoms with Crippen molar-refractivity contribution >= 4 is 17.5 Å². The summed E-state index contributed by atoms with van der Waals surface area (Å²) in [5.41, 5.74) is 0.300. The number of amides is 2. The normalized spacial score (nSPS) is 10.1. The molecule has 0 saturated carbocycles. The number of aromatic nitrogens is 3. The number of nitrogens with one attached hydrogen (secondary N) is 4. The number of hydrogen-bond acceptors (Lipinski definition) is 4. The Morgan fingerprint density at radius 3 is 2.75 bits per heavy atom. The molecule has 0 aliphatic carbocycles. The Morgan fingerprint density at radius 2 is 2.10 bits per heavy atom. The van der Waals surface area contributed by atoms with E-state index in [0.717, 1.165) is 0 Å². The van der Waals surface area contributed by atoms with Gasteiger partial charge in [-0.3, -0.25) is 14.6 Å². The van der Waals surface area contributed by atoms with E-state index < -0.39 is 11.6 Å². The van der Waals surface area contributed by atoms with Crippen molar-refractivity contribution in [3.63, 3.8) is 0 Å². The number of benzene rings is 1. The number of rotatable bonds is 4. The van der Waals surface area contributed by atoms with Gasteiger partial charge in [0, 0.05) is 17.8 Å². The van der Waals surface area contributed by atoms with Crippen molar-refractivity contribution in [1.29, 1.82) is 0 Å². The van der Waals surface area contributed by atoms with Gasteiger partial charge in [0.15, 0.2) is 0 Å². The van der Waals surface area contributed by atoms with Crippen LogP contribution in [0.3, 0.4) is 0 Å². The van der Waals surface area contributed by atoms with Gasteiger partial charge < -0.3 is 10.6 Å². The molecule has 0 fully saturated rings. The summed E-state index contributed by atoms with van der Waals surface area (Å²) in [7, 11) is 0. The van der Waals surface area contributed by atoms with Crippen molar-refractivity contribution in [2.24, 2.45) is 0 Å². The third-order valence-electron chi connectivity index (χ3n) is 2.44. The molecule has 104 valence electrons. The van der Waals surface area contributed by atoms with Gasteiger partial charge in [0.1, 0.15) is 0 Å². The van der Waals surface area contributed by atoms with Crippen molar-refractivity contribution in [3.05, 3.63) is 46.1 Å². The molecule has 0 bridgehead atoms. The molecule has 2 rings (SSSR count). The highest BCUT2D eigenvalue weighted by molar-refractivity contribution is 6.02. The topological polar surface area (TPSA) is 120 Å². The minimum atomic E-state index is -0.573. The molecule has 1 aromatic carbocycles. The van der Waals surface area contributed by atoms with Crippen LogP contribution in [0.2, 0.25) is 0 Å². The predicted octanol–water partition coefficient (Wildman–Crippen LogP) is 0.1000. The van der Waals surface area contributed by atoms with Gasteiger partial charge in [-0.05, 0) is 25.1 Å². The molecule has 0 aliphatic heterocycles. The van der Waals surface area contributed by atoms with E-state index in [2.05, 4.69) is 25.8 Å². The molecular weight excluding hydrogens is 262 g/mol. The minimum Gasteiger partial charge on any atom is -0.352 e.